The zero-order chi connectivity index (χ0) is 19.6. The lowest BCUT2D eigenvalue weighted by Gasteiger charge is -2.26. The molecule has 6 nitrogen and oxygen atoms in total. The minimum atomic E-state index is -0.815. The van der Waals surface area contributed by atoms with Crippen molar-refractivity contribution in [1.82, 2.24) is 5.32 Å². The molecule has 4 amide bonds. The van der Waals surface area contributed by atoms with Crippen molar-refractivity contribution in [3.8, 4) is 5.75 Å². The predicted molar refractivity (Wildman–Crippen MR) is 103 cm³/mol. The van der Waals surface area contributed by atoms with Crippen LogP contribution in [0, 0.1) is 6.92 Å². The van der Waals surface area contributed by atoms with Gasteiger partial charge in [-0.05, 0) is 55.3 Å². The van der Waals surface area contributed by atoms with Crippen molar-refractivity contribution >= 4 is 41.2 Å². The minimum absolute atomic E-state index is 0.153. The predicted octanol–water partition coefficient (Wildman–Crippen LogP) is 3.71. The van der Waals surface area contributed by atoms with Gasteiger partial charge in [0.15, 0.2) is 0 Å². The summed E-state index contributed by atoms with van der Waals surface area (Å²) in [6.07, 6.45) is 1.43. The normalized spacial score (nSPS) is 15.9. The summed E-state index contributed by atoms with van der Waals surface area (Å²) in [6.45, 7) is 4.17. The summed E-state index contributed by atoms with van der Waals surface area (Å²) >= 11 is 6.11. The van der Waals surface area contributed by atoms with Gasteiger partial charge in [0.05, 0.1) is 12.3 Å². The summed E-state index contributed by atoms with van der Waals surface area (Å²) < 4.78 is 5.43. The number of hydrogen-bond donors (Lipinski definition) is 1. The first-order chi connectivity index (χ1) is 12.9. The molecule has 0 unspecified atom stereocenters. The second-order valence-corrected chi connectivity index (χ2v) is 6.30. The molecule has 0 radical (unpaired) electrons. The maximum Gasteiger partial charge on any atom is 0.335 e. The van der Waals surface area contributed by atoms with E-state index < -0.39 is 17.8 Å². The van der Waals surface area contributed by atoms with E-state index in [0.717, 1.165) is 10.5 Å². The number of nitrogens with one attached hydrogen (secondary N) is 1. The fraction of sp³-hybridized carbons (Fsp3) is 0.150. The Bertz CT molecular complexity index is 968. The number of imide groups is 2. The minimum Gasteiger partial charge on any atom is -0.494 e. The van der Waals surface area contributed by atoms with E-state index >= 15 is 0 Å². The molecule has 7 heteroatoms. The number of benzene rings is 2. The Morgan fingerprint density at radius 3 is 2.63 bits per heavy atom. The van der Waals surface area contributed by atoms with Crippen molar-refractivity contribution in [3.05, 3.63) is 64.2 Å². The molecule has 0 atom stereocenters. The summed E-state index contributed by atoms with van der Waals surface area (Å²) in [4.78, 5) is 38.2. The van der Waals surface area contributed by atoms with Gasteiger partial charge in [-0.25, -0.2) is 9.69 Å². The van der Waals surface area contributed by atoms with Crippen molar-refractivity contribution in [2.24, 2.45) is 0 Å². The second-order valence-electron chi connectivity index (χ2n) is 5.90. The monoisotopic (exact) mass is 384 g/mol. The maximum absolute atomic E-state index is 12.9. The Balaban J connectivity index is 1.99. The molecule has 1 aliphatic rings. The van der Waals surface area contributed by atoms with Crippen LogP contribution >= 0.6 is 11.6 Å². The first-order valence-electron chi connectivity index (χ1n) is 8.31. The molecule has 3 rings (SSSR count). The van der Waals surface area contributed by atoms with Crippen LogP contribution in [0.25, 0.3) is 6.08 Å². The Kier molecular flexibility index (Phi) is 5.28. The number of halogens is 1. The van der Waals surface area contributed by atoms with Crippen molar-refractivity contribution < 1.29 is 19.1 Å². The number of barbiturate groups is 1. The van der Waals surface area contributed by atoms with Crippen molar-refractivity contribution in [2.75, 3.05) is 11.5 Å². The van der Waals surface area contributed by atoms with Crippen LogP contribution in [0.15, 0.2) is 48.0 Å². The molecule has 138 valence electrons. The molecule has 0 bridgehead atoms. The van der Waals surface area contributed by atoms with E-state index in [2.05, 4.69) is 5.32 Å². The van der Waals surface area contributed by atoms with E-state index in [1.807, 2.05) is 13.8 Å². The van der Waals surface area contributed by atoms with Gasteiger partial charge in [0.2, 0.25) is 0 Å². The highest BCUT2D eigenvalue weighted by molar-refractivity contribution is 6.39. The summed E-state index contributed by atoms with van der Waals surface area (Å²) in [5.41, 5.74) is 1.55. The van der Waals surface area contributed by atoms with E-state index in [-0.39, 0.29) is 11.3 Å². The first kappa shape index (κ1) is 18.7. The highest BCUT2D eigenvalue weighted by Crippen LogP contribution is 2.27. The third kappa shape index (κ3) is 3.85. The molecule has 1 aliphatic heterocycles. The fourth-order valence-corrected chi connectivity index (χ4v) is 2.82. The smallest absolute Gasteiger partial charge is 0.335 e. The van der Waals surface area contributed by atoms with Gasteiger partial charge >= 0.3 is 6.03 Å². The molecule has 1 N–H and O–H groups in total. The van der Waals surface area contributed by atoms with E-state index in [1.54, 1.807) is 36.4 Å². The lowest BCUT2D eigenvalue weighted by atomic mass is 10.1. The number of rotatable bonds is 4. The van der Waals surface area contributed by atoms with Gasteiger partial charge in [-0.1, -0.05) is 29.8 Å². The average molecular weight is 385 g/mol. The largest absolute Gasteiger partial charge is 0.494 e. The highest BCUT2D eigenvalue weighted by atomic mass is 35.5. The van der Waals surface area contributed by atoms with Gasteiger partial charge in [0.25, 0.3) is 11.8 Å². The summed E-state index contributed by atoms with van der Waals surface area (Å²) in [6, 6.07) is 11.0. The van der Waals surface area contributed by atoms with Crippen LogP contribution in [0.5, 0.6) is 5.75 Å². The fourth-order valence-electron chi connectivity index (χ4n) is 2.64. The Labute approximate surface area is 161 Å². The Hall–Kier alpha value is -3.12. The first-order valence-corrected chi connectivity index (χ1v) is 8.69. The number of anilines is 1. The molecule has 1 saturated heterocycles. The van der Waals surface area contributed by atoms with Crippen LogP contribution in [-0.2, 0) is 9.59 Å². The standard InChI is InChI=1S/C20H17ClN2O4/c1-3-27-15-6-4-5-13(9-15)10-16-18(24)22-20(26)23(19(16)25)14-8-7-12(2)17(21)11-14/h4-11H,3H2,1-2H3,(H,22,24,26). The van der Waals surface area contributed by atoms with E-state index in [0.29, 0.717) is 22.9 Å². The summed E-state index contributed by atoms with van der Waals surface area (Å²) in [5.74, 6) is -0.847. The molecule has 1 fully saturated rings. The third-order valence-corrected chi connectivity index (χ3v) is 4.40. The van der Waals surface area contributed by atoms with Gasteiger partial charge in [0.1, 0.15) is 11.3 Å². The molecular formula is C20H17ClN2O4. The zero-order valence-corrected chi connectivity index (χ0v) is 15.5. The Morgan fingerprint density at radius 2 is 1.93 bits per heavy atom. The second kappa shape index (κ2) is 7.63. The van der Waals surface area contributed by atoms with Crippen molar-refractivity contribution in [1.29, 1.82) is 0 Å². The quantitative estimate of drug-likeness (QED) is 0.644. The van der Waals surface area contributed by atoms with Crippen molar-refractivity contribution in [3.63, 3.8) is 0 Å². The van der Waals surface area contributed by atoms with Gasteiger partial charge in [-0.3, -0.25) is 14.9 Å². The van der Waals surface area contributed by atoms with Crippen LogP contribution < -0.4 is 15.0 Å². The SMILES string of the molecule is CCOc1cccc(C=C2C(=O)NC(=O)N(c3ccc(C)c(Cl)c3)C2=O)c1. The number of amides is 4. The number of hydrogen-bond acceptors (Lipinski definition) is 4. The molecule has 0 aliphatic carbocycles. The summed E-state index contributed by atoms with van der Waals surface area (Å²) in [5, 5.41) is 2.60. The molecule has 0 spiro atoms. The van der Waals surface area contributed by atoms with Gasteiger partial charge in [-0.15, -0.1) is 0 Å². The molecule has 2 aromatic rings. The number of nitrogens with zero attached hydrogens (tertiary/aromatic N) is 1. The third-order valence-electron chi connectivity index (χ3n) is 4.00. The number of ether oxygens (including phenoxy) is 1. The number of carbonyl (C=O) groups is 3. The van der Waals surface area contributed by atoms with E-state index in [1.165, 1.54) is 12.1 Å². The highest BCUT2D eigenvalue weighted by Gasteiger charge is 2.36. The molecule has 0 aromatic heterocycles. The molecule has 27 heavy (non-hydrogen) atoms. The lowest BCUT2D eigenvalue weighted by Crippen LogP contribution is -2.54. The lowest BCUT2D eigenvalue weighted by molar-refractivity contribution is -0.122. The van der Waals surface area contributed by atoms with Crippen LogP contribution in [0.1, 0.15) is 18.1 Å². The zero-order valence-electron chi connectivity index (χ0n) is 14.8. The summed E-state index contributed by atoms with van der Waals surface area (Å²) in [7, 11) is 0. The molecule has 0 saturated carbocycles. The maximum atomic E-state index is 12.9. The number of carbonyl (C=O) groups excluding carboxylic acids is 3. The van der Waals surface area contributed by atoms with Crippen LogP contribution in [-0.4, -0.2) is 24.5 Å². The van der Waals surface area contributed by atoms with E-state index in [9.17, 15) is 14.4 Å². The van der Waals surface area contributed by atoms with Crippen LogP contribution in [0.2, 0.25) is 5.02 Å². The van der Waals surface area contributed by atoms with E-state index in [4.69, 9.17) is 16.3 Å². The molecule has 2 aromatic carbocycles. The van der Waals surface area contributed by atoms with Gasteiger partial charge in [-0.2, -0.15) is 0 Å². The van der Waals surface area contributed by atoms with Crippen LogP contribution in [0.3, 0.4) is 0 Å². The molecule has 1 heterocycles. The topological polar surface area (TPSA) is 75.7 Å². The molecular weight excluding hydrogens is 368 g/mol. The average Bonchev–Trinajstić information content (AvgIpc) is 2.62. The van der Waals surface area contributed by atoms with Gasteiger partial charge in [0, 0.05) is 5.02 Å². The number of urea groups is 1. The number of aryl methyl sites for hydroxylation is 1. The van der Waals surface area contributed by atoms with Crippen molar-refractivity contribution in [2.45, 2.75) is 13.8 Å². The van der Waals surface area contributed by atoms with Crippen LogP contribution in [0.4, 0.5) is 10.5 Å². The van der Waals surface area contributed by atoms with Gasteiger partial charge < -0.3 is 4.74 Å². The Morgan fingerprint density at radius 1 is 1.15 bits per heavy atom.